The number of aromatic nitrogens is 2. The van der Waals surface area contributed by atoms with E-state index >= 15 is 0 Å². The Balaban J connectivity index is 1.99. The molecule has 0 bridgehead atoms. The van der Waals surface area contributed by atoms with Crippen molar-refractivity contribution >= 4 is 27.9 Å². The zero-order valence-corrected chi connectivity index (χ0v) is 15.8. The second kappa shape index (κ2) is 6.72. The van der Waals surface area contributed by atoms with Gasteiger partial charge in [-0.1, -0.05) is 12.1 Å². The Bertz CT molecular complexity index is 940. The first kappa shape index (κ1) is 17.2. The Labute approximate surface area is 151 Å². The van der Waals surface area contributed by atoms with Crippen LogP contribution in [0.25, 0.3) is 11.4 Å². The molecule has 0 aliphatic carbocycles. The number of ether oxygens (including phenoxy) is 1. The summed E-state index contributed by atoms with van der Waals surface area (Å²) < 4.78 is 5.37. The molecule has 5 nitrogen and oxygen atoms in total. The van der Waals surface area contributed by atoms with Gasteiger partial charge in [-0.05, 0) is 45.4 Å². The SMILES string of the molecule is COc1ccccc1Nc1nc(-c2[nH]c(C)c(C(C)=O)c2C)c(C)s1. The number of H-pyrrole nitrogens is 1. The summed E-state index contributed by atoms with van der Waals surface area (Å²) in [5.41, 5.74) is 5.23. The summed E-state index contributed by atoms with van der Waals surface area (Å²) in [6.07, 6.45) is 0. The number of nitrogens with one attached hydrogen (secondary N) is 2. The van der Waals surface area contributed by atoms with Crippen LogP contribution in [0.1, 0.15) is 33.4 Å². The van der Waals surface area contributed by atoms with Crippen molar-refractivity contribution in [1.82, 2.24) is 9.97 Å². The number of anilines is 2. The van der Waals surface area contributed by atoms with Crippen molar-refractivity contribution in [1.29, 1.82) is 0 Å². The molecule has 2 heterocycles. The van der Waals surface area contributed by atoms with E-state index in [2.05, 4.69) is 10.3 Å². The first-order valence-corrected chi connectivity index (χ1v) is 8.82. The van der Waals surface area contributed by atoms with Crippen molar-refractivity contribution in [2.75, 3.05) is 12.4 Å². The maximum Gasteiger partial charge on any atom is 0.188 e. The number of methoxy groups -OCH3 is 1. The fourth-order valence-corrected chi connectivity index (χ4v) is 3.89. The topological polar surface area (TPSA) is 67.0 Å². The van der Waals surface area contributed by atoms with Gasteiger partial charge in [-0.3, -0.25) is 4.79 Å². The van der Waals surface area contributed by atoms with Crippen LogP contribution in [0.4, 0.5) is 10.8 Å². The lowest BCUT2D eigenvalue weighted by Crippen LogP contribution is -1.95. The van der Waals surface area contributed by atoms with E-state index in [1.54, 1.807) is 25.4 Å². The number of Topliss-reactive ketones (excluding diaryl/α,β-unsaturated/α-hetero) is 1. The van der Waals surface area contributed by atoms with Gasteiger partial charge in [0.15, 0.2) is 10.9 Å². The predicted octanol–water partition coefficient (Wildman–Crippen LogP) is 5.02. The molecule has 1 aromatic carbocycles. The van der Waals surface area contributed by atoms with E-state index in [9.17, 15) is 4.79 Å². The molecule has 0 radical (unpaired) electrons. The Hall–Kier alpha value is -2.60. The summed E-state index contributed by atoms with van der Waals surface area (Å²) in [5, 5.41) is 4.10. The molecule has 0 aliphatic rings. The van der Waals surface area contributed by atoms with Crippen molar-refractivity contribution in [3.05, 3.63) is 46.0 Å². The Morgan fingerprint density at radius 1 is 1.24 bits per heavy atom. The summed E-state index contributed by atoms with van der Waals surface area (Å²) in [6, 6.07) is 7.73. The van der Waals surface area contributed by atoms with Crippen LogP contribution >= 0.6 is 11.3 Å². The molecule has 25 heavy (non-hydrogen) atoms. The van der Waals surface area contributed by atoms with Crippen molar-refractivity contribution in [2.45, 2.75) is 27.7 Å². The molecule has 6 heteroatoms. The summed E-state index contributed by atoms with van der Waals surface area (Å²) in [4.78, 5) is 21.0. The maximum absolute atomic E-state index is 11.9. The molecule has 0 atom stereocenters. The quantitative estimate of drug-likeness (QED) is 0.631. The third-order valence-electron chi connectivity index (χ3n) is 4.17. The minimum absolute atomic E-state index is 0.0674. The van der Waals surface area contributed by atoms with Gasteiger partial charge < -0.3 is 15.0 Å². The number of carbonyl (C=O) groups excluding carboxylic acids is 1. The molecule has 2 N–H and O–H groups in total. The van der Waals surface area contributed by atoms with E-state index in [-0.39, 0.29) is 5.78 Å². The average molecular weight is 355 g/mol. The molecule has 0 fully saturated rings. The largest absolute Gasteiger partial charge is 0.495 e. The number of benzene rings is 1. The second-order valence-corrected chi connectivity index (χ2v) is 7.13. The fraction of sp³-hybridized carbons (Fsp3) is 0.263. The minimum atomic E-state index is 0.0674. The number of aromatic amines is 1. The zero-order valence-electron chi connectivity index (χ0n) is 15.0. The van der Waals surface area contributed by atoms with E-state index in [0.29, 0.717) is 0 Å². The monoisotopic (exact) mass is 355 g/mol. The Kier molecular flexibility index (Phi) is 4.63. The van der Waals surface area contributed by atoms with Gasteiger partial charge in [0.1, 0.15) is 11.4 Å². The van der Waals surface area contributed by atoms with Gasteiger partial charge in [0.05, 0.1) is 18.5 Å². The van der Waals surface area contributed by atoms with Gasteiger partial charge in [0.2, 0.25) is 0 Å². The number of hydrogen-bond donors (Lipinski definition) is 2. The smallest absolute Gasteiger partial charge is 0.188 e. The molecule has 0 saturated carbocycles. The molecule has 0 spiro atoms. The lowest BCUT2D eigenvalue weighted by Gasteiger charge is -2.08. The average Bonchev–Trinajstić information content (AvgIpc) is 3.06. The second-order valence-electron chi connectivity index (χ2n) is 5.93. The van der Waals surface area contributed by atoms with Crippen LogP contribution in [0.2, 0.25) is 0 Å². The molecule has 3 aromatic rings. The van der Waals surface area contributed by atoms with Crippen LogP contribution in [-0.2, 0) is 0 Å². The lowest BCUT2D eigenvalue weighted by atomic mass is 10.1. The summed E-state index contributed by atoms with van der Waals surface area (Å²) in [7, 11) is 1.65. The summed E-state index contributed by atoms with van der Waals surface area (Å²) >= 11 is 1.57. The first-order chi connectivity index (χ1) is 11.9. The molecular weight excluding hydrogens is 334 g/mol. The van der Waals surface area contributed by atoms with Crippen molar-refractivity contribution in [2.24, 2.45) is 0 Å². The molecule has 0 amide bonds. The number of rotatable bonds is 5. The highest BCUT2D eigenvalue weighted by atomic mass is 32.1. The van der Waals surface area contributed by atoms with Crippen LogP contribution in [-0.4, -0.2) is 22.9 Å². The van der Waals surface area contributed by atoms with E-state index in [0.717, 1.165) is 49.7 Å². The molecule has 2 aromatic heterocycles. The van der Waals surface area contributed by atoms with Crippen molar-refractivity contribution in [3.8, 4) is 17.1 Å². The number of ketones is 1. The molecule has 130 valence electrons. The zero-order chi connectivity index (χ0) is 18.1. The lowest BCUT2D eigenvalue weighted by molar-refractivity contribution is 0.101. The van der Waals surface area contributed by atoms with E-state index in [4.69, 9.17) is 9.72 Å². The third kappa shape index (κ3) is 3.17. The number of carbonyl (C=O) groups is 1. The van der Waals surface area contributed by atoms with Gasteiger partial charge in [0.25, 0.3) is 0 Å². The van der Waals surface area contributed by atoms with Gasteiger partial charge in [-0.25, -0.2) is 4.98 Å². The van der Waals surface area contributed by atoms with E-state index < -0.39 is 0 Å². The number of thiazole rings is 1. The van der Waals surface area contributed by atoms with E-state index in [1.807, 2.05) is 45.0 Å². The van der Waals surface area contributed by atoms with Crippen LogP contribution in [0.3, 0.4) is 0 Å². The molecule has 0 saturated heterocycles. The van der Waals surface area contributed by atoms with Crippen molar-refractivity contribution in [3.63, 3.8) is 0 Å². The maximum atomic E-state index is 11.9. The highest BCUT2D eigenvalue weighted by Gasteiger charge is 2.20. The Morgan fingerprint density at radius 3 is 2.60 bits per heavy atom. The van der Waals surface area contributed by atoms with Crippen molar-refractivity contribution < 1.29 is 9.53 Å². The van der Waals surface area contributed by atoms with Gasteiger partial charge in [-0.15, -0.1) is 11.3 Å². The van der Waals surface area contributed by atoms with Crippen LogP contribution < -0.4 is 10.1 Å². The van der Waals surface area contributed by atoms with Gasteiger partial charge in [-0.2, -0.15) is 0 Å². The van der Waals surface area contributed by atoms with Crippen LogP contribution in [0, 0.1) is 20.8 Å². The first-order valence-electron chi connectivity index (χ1n) is 8.00. The van der Waals surface area contributed by atoms with Gasteiger partial charge in [0, 0.05) is 16.1 Å². The predicted molar refractivity (Wildman–Crippen MR) is 102 cm³/mol. The number of nitrogens with zero attached hydrogens (tertiary/aromatic N) is 1. The third-order valence-corrected chi connectivity index (χ3v) is 5.06. The summed E-state index contributed by atoms with van der Waals surface area (Å²) in [6.45, 7) is 7.50. The minimum Gasteiger partial charge on any atom is -0.495 e. The normalized spacial score (nSPS) is 10.8. The van der Waals surface area contributed by atoms with E-state index in [1.165, 1.54) is 0 Å². The van der Waals surface area contributed by atoms with Gasteiger partial charge >= 0.3 is 0 Å². The number of para-hydroxylation sites is 2. The molecule has 0 unspecified atom stereocenters. The molecular formula is C19H21N3O2S. The molecule has 3 rings (SSSR count). The molecule has 0 aliphatic heterocycles. The highest BCUT2D eigenvalue weighted by Crippen LogP contribution is 2.36. The van der Waals surface area contributed by atoms with Crippen LogP contribution in [0.5, 0.6) is 5.75 Å². The number of hydrogen-bond acceptors (Lipinski definition) is 5. The summed E-state index contributed by atoms with van der Waals surface area (Å²) in [5.74, 6) is 0.834. The highest BCUT2D eigenvalue weighted by molar-refractivity contribution is 7.16. The Morgan fingerprint density at radius 2 is 1.96 bits per heavy atom. The number of aryl methyl sites for hydroxylation is 2. The fourth-order valence-electron chi connectivity index (χ4n) is 3.06. The van der Waals surface area contributed by atoms with Crippen LogP contribution in [0.15, 0.2) is 24.3 Å². The standard InChI is InChI=1S/C19H21N3O2S/c1-10-16(12(3)23)11(2)20-17(10)18-13(4)25-19(22-18)21-14-8-6-7-9-15(14)24-5/h6-9,20H,1-5H3,(H,21,22).